The predicted octanol–water partition coefficient (Wildman–Crippen LogP) is 3.80. The number of esters is 1. The van der Waals surface area contributed by atoms with Gasteiger partial charge in [-0.2, -0.15) is 0 Å². The van der Waals surface area contributed by atoms with Crippen molar-refractivity contribution in [3.8, 4) is 0 Å². The van der Waals surface area contributed by atoms with Gasteiger partial charge in [0.2, 0.25) is 5.91 Å². The number of carbonyl (C=O) groups is 3. The Kier molecular flexibility index (Phi) is 10.1. The number of carbonyl (C=O) groups excluding carboxylic acids is 3. The molecule has 1 aromatic carbocycles. The Morgan fingerprint density at radius 2 is 1.67 bits per heavy atom. The zero-order valence-corrected chi connectivity index (χ0v) is 20.5. The predicted molar refractivity (Wildman–Crippen MR) is 128 cm³/mol. The summed E-state index contributed by atoms with van der Waals surface area (Å²) in [5.41, 5.74) is 0.373. The summed E-state index contributed by atoms with van der Waals surface area (Å²) in [4.78, 5) is 40.0. The number of nitrogens with one attached hydrogen (secondary N) is 1. The van der Waals surface area contributed by atoms with E-state index in [2.05, 4.69) is 5.32 Å². The van der Waals surface area contributed by atoms with Gasteiger partial charge >= 0.3 is 5.97 Å². The van der Waals surface area contributed by atoms with Crippen molar-refractivity contribution in [2.75, 3.05) is 25.4 Å². The highest BCUT2D eigenvalue weighted by Crippen LogP contribution is 2.24. The molecule has 1 aliphatic carbocycles. The molecule has 0 spiro atoms. The number of morpholine rings is 1. The molecule has 2 atom stereocenters. The van der Waals surface area contributed by atoms with Gasteiger partial charge in [-0.1, -0.05) is 44.2 Å². The molecule has 1 saturated heterocycles. The molecule has 1 saturated carbocycles. The van der Waals surface area contributed by atoms with E-state index >= 15 is 0 Å². The van der Waals surface area contributed by atoms with E-state index in [1.807, 2.05) is 19.9 Å². The molecular formula is C25H36N2O5S. The number of rotatable bonds is 7. The number of thioether (sulfide) groups is 1. The first-order chi connectivity index (χ1) is 15.9. The molecule has 33 heavy (non-hydrogen) atoms. The third kappa shape index (κ3) is 8.34. The first kappa shape index (κ1) is 25.6. The van der Waals surface area contributed by atoms with Gasteiger partial charge in [0.05, 0.1) is 23.5 Å². The minimum absolute atomic E-state index is 0.0144. The third-order valence-electron chi connectivity index (χ3n) is 6.04. The summed E-state index contributed by atoms with van der Waals surface area (Å²) < 4.78 is 11.0. The average Bonchev–Trinajstić information content (AvgIpc) is 2.77. The minimum atomic E-state index is -0.554. The van der Waals surface area contributed by atoms with Crippen LogP contribution >= 0.6 is 11.8 Å². The van der Waals surface area contributed by atoms with Crippen LogP contribution in [0.5, 0.6) is 0 Å². The number of amides is 2. The Balaban J connectivity index is 1.49. The van der Waals surface area contributed by atoms with Crippen LogP contribution in [0, 0.1) is 0 Å². The second-order valence-corrected chi connectivity index (χ2v) is 10.0. The van der Waals surface area contributed by atoms with Crippen LogP contribution in [0.25, 0.3) is 0 Å². The van der Waals surface area contributed by atoms with E-state index in [9.17, 15) is 14.4 Å². The van der Waals surface area contributed by atoms with Gasteiger partial charge in [0.15, 0.2) is 6.61 Å². The van der Waals surface area contributed by atoms with Crippen LogP contribution in [0.4, 0.5) is 0 Å². The molecule has 1 aromatic rings. The summed E-state index contributed by atoms with van der Waals surface area (Å²) in [6.07, 6.45) is 8.08. The van der Waals surface area contributed by atoms with Gasteiger partial charge in [0, 0.05) is 24.0 Å². The van der Waals surface area contributed by atoms with Crippen LogP contribution in [0.15, 0.2) is 29.2 Å². The molecule has 2 aliphatic rings. The fraction of sp³-hybridized carbons (Fsp3) is 0.640. The van der Waals surface area contributed by atoms with Crippen molar-refractivity contribution < 1.29 is 23.9 Å². The van der Waals surface area contributed by atoms with E-state index in [0.29, 0.717) is 23.5 Å². The van der Waals surface area contributed by atoms with E-state index < -0.39 is 5.97 Å². The summed E-state index contributed by atoms with van der Waals surface area (Å²) in [5.74, 6) is -0.557. The number of nitrogens with zero attached hydrogens (tertiary/aromatic N) is 1. The Morgan fingerprint density at radius 1 is 1.03 bits per heavy atom. The molecule has 0 radical (unpaired) electrons. The maximum Gasteiger partial charge on any atom is 0.339 e. The molecule has 0 bridgehead atoms. The largest absolute Gasteiger partial charge is 0.452 e. The summed E-state index contributed by atoms with van der Waals surface area (Å²) in [6, 6.07) is 7.30. The smallest absolute Gasteiger partial charge is 0.339 e. The second-order valence-electron chi connectivity index (χ2n) is 9.03. The Labute approximate surface area is 200 Å². The highest BCUT2D eigenvalue weighted by Gasteiger charge is 2.27. The third-order valence-corrected chi connectivity index (χ3v) is 7.11. The van der Waals surface area contributed by atoms with E-state index in [4.69, 9.17) is 9.47 Å². The van der Waals surface area contributed by atoms with Crippen LogP contribution in [0.3, 0.4) is 0 Å². The van der Waals surface area contributed by atoms with Gasteiger partial charge in [-0.3, -0.25) is 9.59 Å². The number of hydrogen-bond acceptors (Lipinski definition) is 6. The van der Waals surface area contributed by atoms with Crippen molar-refractivity contribution >= 4 is 29.5 Å². The van der Waals surface area contributed by atoms with Crippen LogP contribution in [-0.2, 0) is 19.1 Å². The summed E-state index contributed by atoms with van der Waals surface area (Å²) in [6.45, 7) is 4.51. The minimum Gasteiger partial charge on any atom is -0.452 e. The van der Waals surface area contributed by atoms with E-state index in [1.165, 1.54) is 31.0 Å². The Bertz CT molecular complexity index is 800. The molecule has 182 valence electrons. The van der Waals surface area contributed by atoms with Crippen molar-refractivity contribution in [3.63, 3.8) is 0 Å². The molecule has 2 fully saturated rings. The average molecular weight is 477 g/mol. The number of hydrogen-bond donors (Lipinski definition) is 1. The number of ether oxygens (including phenoxy) is 2. The van der Waals surface area contributed by atoms with Gasteiger partial charge in [0.1, 0.15) is 0 Å². The van der Waals surface area contributed by atoms with Crippen molar-refractivity contribution in [1.29, 1.82) is 0 Å². The lowest BCUT2D eigenvalue weighted by atomic mass is 9.97. The summed E-state index contributed by atoms with van der Waals surface area (Å²) in [7, 11) is 0. The number of benzene rings is 1. The quantitative estimate of drug-likeness (QED) is 0.476. The molecule has 0 aromatic heterocycles. The standard InChI is InChI=1S/C25H36N2O5S/c1-18-14-27(15-19(2)32-18)24(29)16-31-25(30)21-12-8-9-13-22(21)33-17-23(28)26-20-10-6-4-3-5-7-11-20/h8-9,12-13,18-20H,3-7,10-11,14-17H2,1-2H3,(H,26,28)/t18-,19-/m0/s1. The molecule has 7 nitrogen and oxygen atoms in total. The fourth-order valence-corrected chi connectivity index (χ4v) is 5.30. The zero-order valence-electron chi connectivity index (χ0n) is 19.7. The van der Waals surface area contributed by atoms with Gasteiger partial charge < -0.3 is 19.7 Å². The van der Waals surface area contributed by atoms with E-state index in [-0.39, 0.29) is 42.4 Å². The lowest BCUT2D eigenvalue weighted by Gasteiger charge is -2.35. The van der Waals surface area contributed by atoms with Crippen molar-refractivity contribution in [3.05, 3.63) is 29.8 Å². The molecule has 1 N–H and O–H groups in total. The van der Waals surface area contributed by atoms with Crippen LogP contribution < -0.4 is 5.32 Å². The molecule has 1 aliphatic heterocycles. The normalized spacial score (nSPS) is 22.2. The van der Waals surface area contributed by atoms with Crippen LogP contribution in [-0.4, -0.2) is 66.4 Å². The lowest BCUT2D eigenvalue weighted by Crippen LogP contribution is -2.49. The summed E-state index contributed by atoms with van der Waals surface area (Å²) in [5, 5.41) is 3.15. The second kappa shape index (κ2) is 13.0. The SMILES string of the molecule is C[C@H]1CN(C(=O)COC(=O)c2ccccc2SCC(=O)NC2CCCCCCC2)C[C@H](C)O1. The molecule has 1 heterocycles. The van der Waals surface area contributed by atoms with Crippen molar-refractivity contribution in [2.24, 2.45) is 0 Å². The highest BCUT2D eigenvalue weighted by molar-refractivity contribution is 8.00. The Hall–Kier alpha value is -2.06. The van der Waals surface area contributed by atoms with E-state index in [1.54, 1.807) is 23.1 Å². The zero-order chi connectivity index (χ0) is 23.6. The van der Waals surface area contributed by atoms with Crippen LogP contribution in [0.2, 0.25) is 0 Å². The molecule has 3 rings (SSSR count). The Morgan fingerprint density at radius 3 is 2.36 bits per heavy atom. The van der Waals surface area contributed by atoms with Crippen molar-refractivity contribution in [2.45, 2.75) is 81.9 Å². The first-order valence-electron chi connectivity index (χ1n) is 12.0. The van der Waals surface area contributed by atoms with Crippen molar-refractivity contribution in [1.82, 2.24) is 10.2 Å². The highest BCUT2D eigenvalue weighted by atomic mass is 32.2. The monoisotopic (exact) mass is 476 g/mol. The maximum atomic E-state index is 12.7. The van der Waals surface area contributed by atoms with E-state index in [0.717, 1.165) is 25.7 Å². The van der Waals surface area contributed by atoms with Gasteiger partial charge in [0.25, 0.3) is 5.91 Å². The lowest BCUT2D eigenvalue weighted by molar-refractivity contribution is -0.146. The maximum absolute atomic E-state index is 12.7. The van der Waals surface area contributed by atoms with Gasteiger partial charge in [-0.15, -0.1) is 11.8 Å². The van der Waals surface area contributed by atoms with Crippen LogP contribution in [0.1, 0.15) is 69.2 Å². The molecule has 2 amide bonds. The summed E-state index contributed by atoms with van der Waals surface area (Å²) >= 11 is 1.32. The fourth-order valence-electron chi connectivity index (χ4n) is 4.45. The molecular weight excluding hydrogens is 440 g/mol. The topological polar surface area (TPSA) is 84.9 Å². The van der Waals surface area contributed by atoms with Gasteiger partial charge in [-0.25, -0.2) is 4.79 Å². The molecule has 0 unspecified atom stereocenters. The first-order valence-corrected chi connectivity index (χ1v) is 13.0. The molecule has 8 heteroatoms. The van der Waals surface area contributed by atoms with Gasteiger partial charge in [-0.05, 0) is 38.8 Å².